The molecule has 4 rings (SSSR count). The first-order valence-corrected chi connectivity index (χ1v) is 13.9. The molecular formula is C25H23ClFN5O6S. The van der Waals surface area contributed by atoms with Gasteiger partial charge in [-0.3, -0.25) is 14.8 Å². The van der Waals surface area contributed by atoms with Crippen molar-refractivity contribution in [3.8, 4) is 28.9 Å². The zero-order chi connectivity index (χ0) is 28.2. The molecule has 2 aromatic carbocycles. The standard InChI is InChI=1S/C25H23ClFN5O6S/c1-17-23(25(33)29-30-11-14-39(36,37)15-12-30)28-24(21-10-7-19(27)16-22(21)26)31(17)20-8-5-18(6-9-20)4-2-3-13-38-32(34)35/h5-10,16H,3,11-15H2,1H3,(H,29,33). The average molecular weight is 576 g/mol. The van der Waals surface area contributed by atoms with Gasteiger partial charge < -0.3 is 4.84 Å². The molecule has 0 saturated carbocycles. The van der Waals surface area contributed by atoms with E-state index in [9.17, 15) is 27.7 Å². The third kappa shape index (κ3) is 6.91. The number of nitrogens with one attached hydrogen (secondary N) is 1. The number of aromatic nitrogens is 2. The largest absolute Gasteiger partial charge is 0.313 e. The lowest BCUT2D eigenvalue weighted by atomic mass is 10.1. The fourth-order valence-electron chi connectivity index (χ4n) is 3.93. The molecule has 14 heteroatoms. The van der Waals surface area contributed by atoms with E-state index in [1.54, 1.807) is 35.8 Å². The number of hydrogen-bond donors (Lipinski definition) is 1. The molecule has 0 spiro atoms. The van der Waals surface area contributed by atoms with Gasteiger partial charge in [0.05, 0.1) is 22.2 Å². The Balaban J connectivity index is 1.65. The minimum absolute atomic E-state index is 0.0604. The number of nitrogens with zero attached hydrogens (tertiary/aromatic N) is 4. The molecule has 1 aromatic heterocycles. The Hall–Kier alpha value is -3.99. The summed E-state index contributed by atoms with van der Waals surface area (Å²) in [5.74, 6) is 4.82. The number of rotatable bonds is 7. The van der Waals surface area contributed by atoms with Gasteiger partial charge in [0.2, 0.25) is 0 Å². The van der Waals surface area contributed by atoms with Crippen LogP contribution in [0.15, 0.2) is 42.5 Å². The Labute approximate surface area is 228 Å². The summed E-state index contributed by atoms with van der Waals surface area (Å²) in [6.45, 7) is 1.88. The third-order valence-corrected chi connectivity index (χ3v) is 7.80. The second-order valence-corrected chi connectivity index (χ2v) is 11.3. The molecule has 2 heterocycles. The lowest BCUT2D eigenvalue weighted by molar-refractivity contribution is -0.757. The summed E-state index contributed by atoms with van der Waals surface area (Å²) in [6.07, 6.45) is 0.179. The van der Waals surface area contributed by atoms with Crippen LogP contribution in [-0.2, 0) is 14.7 Å². The minimum Gasteiger partial charge on any atom is -0.313 e. The van der Waals surface area contributed by atoms with Gasteiger partial charge in [-0.25, -0.2) is 22.8 Å². The summed E-state index contributed by atoms with van der Waals surface area (Å²) in [4.78, 5) is 32.2. The van der Waals surface area contributed by atoms with Crippen LogP contribution in [0.25, 0.3) is 17.1 Å². The molecule has 1 saturated heterocycles. The van der Waals surface area contributed by atoms with Gasteiger partial charge in [0, 0.05) is 36.3 Å². The van der Waals surface area contributed by atoms with Crippen molar-refractivity contribution in [2.24, 2.45) is 0 Å². The maximum atomic E-state index is 13.8. The Kier molecular flexibility index (Phi) is 8.49. The summed E-state index contributed by atoms with van der Waals surface area (Å²) in [6, 6.07) is 10.8. The van der Waals surface area contributed by atoms with Gasteiger partial charge in [0.15, 0.2) is 15.5 Å². The van der Waals surface area contributed by atoms with E-state index < -0.39 is 26.6 Å². The summed E-state index contributed by atoms with van der Waals surface area (Å²) >= 11 is 6.35. The van der Waals surface area contributed by atoms with Gasteiger partial charge in [-0.2, -0.15) is 0 Å². The first kappa shape index (κ1) is 28.0. The van der Waals surface area contributed by atoms with E-state index in [0.717, 1.165) is 6.07 Å². The number of hydrogen-bond acceptors (Lipinski definition) is 8. The number of hydrazine groups is 1. The number of sulfone groups is 1. The quantitative estimate of drug-likeness (QED) is 0.196. The van der Waals surface area contributed by atoms with Crippen molar-refractivity contribution in [3.05, 3.63) is 80.4 Å². The van der Waals surface area contributed by atoms with Crippen LogP contribution in [0.3, 0.4) is 0 Å². The van der Waals surface area contributed by atoms with Crippen molar-refractivity contribution >= 4 is 27.3 Å². The van der Waals surface area contributed by atoms with E-state index in [2.05, 4.69) is 27.1 Å². The highest BCUT2D eigenvalue weighted by molar-refractivity contribution is 7.91. The molecule has 0 unspecified atom stereocenters. The predicted molar refractivity (Wildman–Crippen MR) is 141 cm³/mol. The lowest BCUT2D eigenvalue weighted by Gasteiger charge is -2.26. The fraction of sp³-hybridized carbons (Fsp3) is 0.280. The number of benzene rings is 2. The van der Waals surface area contributed by atoms with E-state index >= 15 is 0 Å². The molecule has 1 aliphatic rings. The van der Waals surface area contributed by atoms with E-state index in [0.29, 0.717) is 28.3 Å². The van der Waals surface area contributed by atoms with Crippen molar-refractivity contribution < 1.29 is 27.5 Å². The van der Waals surface area contributed by atoms with Gasteiger partial charge in [-0.05, 0) is 49.4 Å². The first-order chi connectivity index (χ1) is 18.5. The van der Waals surface area contributed by atoms with Crippen LogP contribution in [0.5, 0.6) is 0 Å². The molecule has 0 aliphatic carbocycles. The topological polar surface area (TPSA) is 137 Å². The highest BCUT2D eigenvalue weighted by atomic mass is 35.5. The molecule has 204 valence electrons. The predicted octanol–water partition coefficient (Wildman–Crippen LogP) is 2.97. The highest BCUT2D eigenvalue weighted by Gasteiger charge is 2.27. The Bertz CT molecular complexity index is 1570. The van der Waals surface area contributed by atoms with Crippen LogP contribution in [0.1, 0.15) is 28.2 Å². The third-order valence-electron chi connectivity index (χ3n) is 5.88. The van der Waals surface area contributed by atoms with Gasteiger partial charge in [0.1, 0.15) is 18.2 Å². The van der Waals surface area contributed by atoms with Crippen molar-refractivity contribution in [1.29, 1.82) is 0 Å². The number of carbonyl (C=O) groups is 1. The zero-order valence-corrected chi connectivity index (χ0v) is 22.3. The Morgan fingerprint density at radius 1 is 1.23 bits per heavy atom. The monoisotopic (exact) mass is 575 g/mol. The van der Waals surface area contributed by atoms with Crippen LogP contribution >= 0.6 is 11.6 Å². The van der Waals surface area contributed by atoms with Crippen LogP contribution in [-0.4, -0.2) is 65.2 Å². The summed E-state index contributed by atoms with van der Waals surface area (Å²) in [5.41, 5.74) is 4.96. The van der Waals surface area contributed by atoms with Crippen LogP contribution in [0.2, 0.25) is 5.02 Å². The summed E-state index contributed by atoms with van der Waals surface area (Å²) < 4.78 is 38.9. The second-order valence-electron chi connectivity index (χ2n) is 8.56. The average Bonchev–Trinajstić information content (AvgIpc) is 3.22. The normalized spacial score (nSPS) is 14.7. The molecule has 39 heavy (non-hydrogen) atoms. The van der Waals surface area contributed by atoms with Crippen molar-refractivity contribution in [2.45, 2.75) is 13.3 Å². The van der Waals surface area contributed by atoms with Crippen LogP contribution in [0.4, 0.5) is 4.39 Å². The smallest absolute Gasteiger partial charge is 0.294 e. The molecule has 1 aliphatic heterocycles. The van der Waals surface area contributed by atoms with E-state index in [1.165, 1.54) is 17.1 Å². The maximum absolute atomic E-state index is 13.8. The van der Waals surface area contributed by atoms with Gasteiger partial charge in [-0.15, -0.1) is 10.1 Å². The molecule has 11 nitrogen and oxygen atoms in total. The van der Waals surface area contributed by atoms with E-state index in [4.69, 9.17) is 11.6 Å². The first-order valence-electron chi connectivity index (χ1n) is 11.7. The lowest BCUT2D eigenvalue weighted by Crippen LogP contribution is -2.50. The van der Waals surface area contributed by atoms with E-state index in [1.807, 2.05) is 0 Å². The highest BCUT2D eigenvalue weighted by Crippen LogP contribution is 2.32. The molecular weight excluding hydrogens is 553 g/mol. The van der Waals surface area contributed by atoms with Gasteiger partial charge >= 0.3 is 0 Å². The summed E-state index contributed by atoms with van der Waals surface area (Å²) in [5, 5.41) is 11.0. The molecule has 0 atom stereocenters. The Morgan fingerprint density at radius 3 is 2.56 bits per heavy atom. The number of halogens is 2. The van der Waals surface area contributed by atoms with E-state index in [-0.39, 0.29) is 48.3 Å². The Morgan fingerprint density at radius 2 is 1.92 bits per heavy atom. The molecule has 0 bridgehead atoms. The van der Waals surface area contributed by atoms with Crippen LogP contribution < -0.4 is 5.43 Å². The van der Waals surface area contributed by atoms with Crippen molar-refractivity contribution in [3.63, 3.8) is 0 Å². The SMILES string of the molecule is Cc1c(C(=O)NN2CCS(=O)(=O)CC2)nc(-c2ccc(F)cc2Cl)n1-c1ccc(C#CCCO[N+](=O)[O-])cc1. The molecule has 1 fully saturated rings. The molecule has 3 aromatic rings. The molecule has 0 radical (unpaired) electrons. The van der Waals surface area contributed by atoms with Crippen molar-refractivity contribution in [1.82, 2.24) is 20.0 Å². The maximum Gasteiger partial charge on any atom is 0.294 e. The number of amides is 1. The summed E-state index contributed by atoms with van der Waals surface area (Å²) in [7, 11) is -3.12. The second kappa shape index (κ2) is 11.8. The van der Waals surface area contributed by atoms with Crippen molar-refractivity contribution in [2.75, 3.05) is 31.2 Å². The minimum atomic E-state index is -3.12. The van der Waals surface area contributed by atoms with Gasteiger partial charge in [-0.1, -0.05) is 23.4 Å². The molecule has 1 N–H and O–H groups in total. The molecule has 1 amide bonds. The fourth-order valence-corrected chi connectivity index (χ4v) is 5.39. The van der Waals surface area contributed by atoms with Gasteiger partial charge in [0.25, 0.3) is 11.0 Å². The van der Waals surface area contributed by atoms with Crippen LogP contribution in [0, 0.1) is 34.7 Å². The zero-order valence-electron chi connectivity index (χ0n) is 20.7. The number of carbonyl (C=O) groups excluding carboxylic acids is 1. The number of imidazole rings is 1.